The highest BCUT2D eigenvalue weighted by atomic mass is 35.5. The van der Waals surface area contributed by atoms with Crippen LogP contribution in [0.25, 0.3) is 6.08 Å². The van der Waals surface area contributed by atoms with Gasteiger partial charge >= 0.3 is 0 Å². The van der Waals surface area contributed by atoms with E-state index in [2.05, 4.69) is 0 Å². The SMILES string of the molecule is COC[C@@H](CC(=O)N1CCC2(CC2)[C@H](O)C1)N1CCN(C(=O)/C=C/c2cccc(Cl)c2)CCC1=O. The molecule has 9 heteroatoms. The summed E-state index contributed by atoms with van der Waals surface area (Å²) in [4.78, 5) is 43.8. The molecule has 0 aromatic heterocycles. The topological polar surface area (TPSA) is 90.4 Å². The van der Waals surface area contributed by atoms with Crippen LogP contribution in [0.15, 0.2) is 30.3 Å². The minimum absolute atomic E-state index is 0.0285. The van der Waals surface area contributed by atoms with Gasteiger partial charge in [-0.05, 0) is 48.4 Å². The third-order valence-electron chi connectivity index (χ3n) is 7.54. The van der Waals surface area contributed by atoms with E-state index in [9.17, 15) is 19.5 Å². The molecule has 2 heterocycles. The van der Waals surface area contributed by atoms with Crippen LogP contribution in [0.5, 0.6) is 0 Å². The zero-order valence-electron chi connectivity index (χ0n) is 20.2. The highest BCUT2D eigenvalue weighted by Crippen LogP contribution is 2.53. The van der Waals surface area contributed by atoms with Gasteiger partial charge in [-0.15, -0.1) is 0 Å². The number of rotatable bonds is 7. The van der Waals surface area contributed by atoms with Crippen molar-refractivity contribution in [3.63, 3.8) is 0 Å². The molecule has 8 nitrogen and oxygen atoms in total. The van der Waals surface area contributed by atoms with Crippen LogP contribution in [0.2, 0.25) is 5.02 Å². The van der Waals surface area contributed by atoms with Gasteiger partial charge in [0.05, 0.1) is 18.8 Å². The second-order valence-corrected chi connectivity index (χ2v) is 10.3. The number of halogens is 1. The Morgan fingerprint density at radius 1 is 1.20 bits per heavy atom. The molecular weight excluding hydrogens is 470 g/mol. The Hall–Kier alpha value is -2.42. The van der Waals surface area contributed by atoms with Crippen LogP contribution in [-0.4, -0.2) is 96.1 Å². The third kappa shape index (κ3) is 6.23. The summed E-state index contributed by atoms with van der Waals surface area (Å²) in [5.41, 5.74) is 0.855. The molecule has 3 aliphatic rings. The van der Waals surface area contributed by atoms with Crippen LogP contribution in [0.3, 0.4) is 0 Å². The van der Waals surface area contributed by atoms with Gasteiger partial charge in [-0.2, -0.15) is 0 Å². The number of amides is 3. The lowest BCUT2D eigenvalue weighted by Crippen LogP contribution is -2.51. The smallest absolute Gasteiger partial charge is 0.246 e. The maximum absolute atomic E-state index is 13.1. The molecule has 0 unspecified atom stereocenters. The number of methoxy groups -OCH3 is 1. The van der Waals surface area contributed by atoms with E-state index in [-0.39, 0.29) is 42.6 Å². The fourth-order valence-electron chi connectivity index (χ4n) is 5.10. The molecular formula is C26H34ClN3O5. The number of hydrogen-bond donors (Lipinski definition) is 1. The lowest BCUT2D eigenvalue weighted by molar-refractivity contribution is -0.141. The molecule has 0 radical (unpaired) electrons. The molecule has 1 aromatic carbocycles. The first-order valence-corrected chi connectivity index (χ1v) is 12.7. The van der Waals surface area contributed by atoms with Gasteiger partial charge in [0, 0.05) is 63.8 Å². The third-order valence-corrected chi connectivity index (χ3v) is 7.78. The number of piperidine rings is 1. The Kier molecular flexibility index (Phi) is 8.14. The van der Waals surface area contributed by atoms with Gasteiger partial charge in [0.25, 0.3) is 0 Å². The van der Waals surface area contributed by atoms with Crippen LogP contribution < -0.4 is 0 Å². The molecule has 4 rings (SSSR count). The van der Waals surface area contributed by atoms with E-state index < -0.39 is 12.1 Å². The van der Waals surface area contributed by atoms with E-state index in [1.54, 1.807) is 40.0 Å². The normalized spacial score (nSPS) is 23.0. The molecule has 2 atom stereocenters. The summed E-state index contributed by atoms with van der Waals surface area (Å²) < 4.78 is 5.35. The average molecular weight is 504 g/mol. The predicted octanol–water partition coefficient (Wildman–Crippen LogP) is 2.19. The summed E-state index contributed by atoms with van der Waals surface area (Å²) in [6.07, 6.45) is 5.97. The van der Waals surface area contributed by atoms with Crippen molar-refractivity contribution in [2.24, 2.45) is 5.41 Å². The van der Waals surface area contributed by atoms with E-state index >= 15 is 0 Å². The first kappa shape index (κ1) is 25.7. The van der Waals surface area contributed by atoms with Gasteiger partial charge in [0.1, 0.15) is 0 Å². The lowest BCUT2D eigenvalue weighted by Gasteiger charge is -2.38. The van der Waals surface area contributed by atoms with E-state index in [0.717, 1.165) is 24.8 Å². The van der Waals surface area contributed by atoms with Crippen molar-refractivity contribution in [2.75, 3.05) is 46.4 Å². The van der Waals surface area contributed by atoms with Crippen molar-refractivity contribution in [2.45, 2.75) is 44.2 Å². The highest BCUT2D eigenvalue weighted by molar-refractivity contribution is 6.30. The minimum atomic E-state index is -0.472. The zero-order valence-corrected chi connectivity index (χ0v) is 21.0. The van der Waals surface area contributed by atoms with Crippen LogP contribution in [0.1, 0.15) is 37.7 Å². The molecule has 190 valence electrons. The average Bonchev–Trinajstić information content (AvgIpc) is 3.64. The van der Waals surface area contributed by atoms with Crippen molar-refractivity contribution in [1.29, 1.82) is 0 Å². The summed E-state index contributed by atoms with van der Waals surface area (Å²) in [7, 11) is 1.55. The number of nitrogens with zero attached hydrogens (tertiary/aromatic N) is 3. The molecule has 1 N–H and O–H groups in total. The molecule has 0 bridgehead atoms. The summed E-state index contributed by atoms with van der Waals surface area (Å²) in [5.74, 6) is -0.337. The van der Waals surface area contributed by atoms with E-state index in [1.807, 2.05) is 12.1 Å². The van der Waals surface area contributed by atoms with Gasteiger partial charge < -0.3 is 24.5 Å². The number of hydrogen-bond acceptors (Lipinski definition) is 5. The van der Waals surface area contributed by atoms with Gasteiger partial charge in [0.15, 0.2) is 0 Å². The second kappa shape index (κ2) is 11.1. The fourth-order valence-corrected chi connectivity index (χ4v) is 5.30. The molecule has 2 saturated heterocycles. The van der Waals surface area contributed by atoms with Crippen molar-refractivity contribution in [3.8, 4) is 0 Å². The largest absolute Gasteiger partial charge is 0.391 e. The molecule has 3 amide bonds. The number of ether oxygens (including phenoxy) is 1. The van der Waals surface area contributed by atoms with E-state index in [0.29, 0.717) is 37.7 Å². The monoisotopic (exact) mass is 503 g/mol. The minimum Gasteiger partial charge on any atom is -0.391 e. The van der Waals surface area contributed by atoms with E-state index in [1.165, 1.54) is 6.08 Å². The van der Waals surface area contributed by atoms with Crippen LogP contribution in [-0.2, 0) is 19.1 Å². The maximum Gasteiger partial charge on any atom is 0.246 e. The van der Waals surface area contributed by atoms with Crippen molar-refractivity contribution in [3.05, 3.63) is 40.9 Å². The Morgan fingerprint density at radius 2 is 2.00 bits per heavy atom. The molecule has 1 saturated carbocycles. The highest BCUT2D eigenvalue weighted by Gasteiger charge is 2.51. The first-order chi connectivity index (χ1) is 16.8. The molecule has 1 aliphatic carbocycles. The molecule has 35 heavy (non-hydrogen) atoms. The summed E-state index contributed by atoms with van der Waals surface area (Å²) in [6, 6.07) is 6.82. The number of likely N-dealkylation sites (tertiary alicyclic amines) is 1. The number of carbonyl (C=O) groups excluding carboxylic acids is 3. The molecule has 3 fully saturated rings. The van der Waals surface area contributed by atoms with Crippen molar-refractivity contribution >= 4 is 35.4 Å². The van der Waals surface area contributed by atoms with Crippen LogP contribution in [0.4, 0.5) is 0 Å². The van der Waals surface area contributed by atoms with Crippen molar-refractivity contribution < 1.29 is 24.2 Å². The van der Waals surface area contributed by atoms with Gasteiger partial charge in [-0.25, -0.2) is 0 Å². The number of aliphatic hydroxyl groups is 1. The quantitative estimate of drug-likeness (QED) is 0.576. The Bertz CT molecular complexity index is 979. The Labute approximate surface area is 211 Å². The Balaban J connectivity index is 1.35. The number of aliphatic hydroxyl groups excluding tert-OH is 1. The Morgan fingerprint density at radius 3 is 2.69 bits per heavy atom. The standard InChI is InChI=1S/C26H34ClN3O5/c1-35-18-21(16-25(34)29-12-10-26(8-9-26)22(31)17-29)30-14-13-28(11-7-24(30)33)23(32)6-5-19-3-2-4-20(27)15-19/h2-6,15,21-22,31H,7-14,16-18H2,1H3/b6-5+/t21-,22-/m1/s1. The van der Waals surface area contributed by atoms with Gasteiger partial charge in [0.2, 0.25) is 17.7 Å². The van der Waals surface area contributed by atoms with Crippen LogP contribution in [0, 0.1) is 5.41 Å². The zero-order chi connectivity index (χ0) is 25.0. The number of carbonyl (C=O) groups is 3. The van der Waals surface area contributed by atoms with Crippen molar-refractivity contribution in [1.82, 2.24) is 14.7 Å². The maximum atomic E-state index is 13.1. The lowest BCUT2D eigenvalue weighted by atomic mass is 9.90. The first-order valence-electron chi connectivity index (χ1n) is 12.3. The molecule has 2 aliphatic heterocycles. The summed E-state index contributed by atoms with van der Waals surface area (Å²) in [5, 5.41) is 11.1. The van der Waals surface area contributed by atoms with Crippen LogP contribution >= 0.6 is 11.6 Å². The van der Waals surface area contributed by atoms with Gasteiger partial charge in [-0.3, -0.25) is 14.4 Å². The second-order valence-electron chi connectivity index (χ2n) is 9.83. The summed E-state index contributed by atoms with van der Waals surface area (Å²) in [6.45, 7) is 2.27. The summed E-state index contributed by atoms with van der Waals surface area (Å²) >= 11 is 6.00. The number of benzene rings is 1. The van der Waals surface area contributed by atoms with E-state index in [4.69, 9.17) is 16.3 Å². The molecule has 1 spiro atoms. The predicted molar refractivity (Wildman–Crippen MR) is 133 cm³/mol. The number of β-amino-alcohol motifs (C(OH)–C–C–N with tert-alkyl or cyclic N) is 1. The molecule has 1 aromatic rings. The fraction of sp³-hybridized carbons (Fsp3) is 0.577. The van der Waals surface area contributed by atoms with Gasteiger partial charge in [-0.1, -0.05) is 23.7 Å².